The van der Waals surface area contributed by atoms with Crippen molar-refractivity contribution < 1.29 is 17.7 Å². The summed E-state index contributed by atoms with van der Waals surface area (Å²) in [6.45, 7) is 0.624. The van der Waals surface area contributed by atoms with E-state index in [2.05, 4.69) is 0 Å². The van der Waals surface area contributed by atoms with Gasteiger partial charge in [0.05, 0.1) is 9.82 Å². The van der Waals surface area contributed by atoms with Crippen LogP contribution in [-0.2, 0) is 9.84 Å². The fourth-order valence-corrected chi connectivity index (χ4v) is 2.93. The largest absolute Gasteiger partial charge is 0.363 e. The van der Waals surface area contributed by atoms with Crippen molar-refractivity contribution in [3.05, 3.63) is 28.3 Å². The minimum absolute atomic E-state index is 0.0963. The van der Waals surface area contributed by atoms with Crippen molar-refractivity contribution in [3.63, 3.8) is 0 Å². The fraction of sp³-hybridized carbons (Fsp3) is 0.500. The minimum Gasteiger partial charge on any atom is -0.363 e. The van der Waals surface area contributed by atoms with Gasteiger partial charge in [0.25, 0.3) is 5.69 Å². The molecule has 20 heavy (non-hydrogen) atoms. The van der Waals surface area contributed by atoms with E-state index in [4.69, 9.17) is 0 Å². The molecule has 0 N–H and O–H groups in total. The summed E-state index contributed by atoms with van der Waals surface area (Å²) in [7, 11) is -3.51. The Labute approximate surface area is 116 Å². The average molecular weight is 302 g/mol. The highest BCUT2D eigenvalue weighted by Crippen LogP contribution is 2.32. The number of nitro groups is 1. The molecule has 1 fully saturated rings. The van der Waals surface area contributed by atoms with Crippen LogP contribution in [0.2, 0.25) is 0 Å². The van der Waals surface area contributed by atoms with Crippen LogP contribution in [0.25, 0.3) is 0 Å². The van der Waals surface area contributed by atoms with Gasteiger partial charge in [-0.25, -0.2) is 12.8 Å². The molecule has 1 heterocycles. The van der Waals surface area contributed by atoms with Crippen molar-refractivity contribution in [3.8, 4) is 0 Å². The Morgan fingerprint density at radius 1 is 1.45 bits per heavy atom. The molecule has 1 aliphatic heterocycles. The molecule has 1 unspecified atom stereocenters. The molecule has 8 heteroatoms. The first-order valence-electron chi connectivity index (χ1n) is 6.16. The van der Waals surface area contributed by atoms with Gasteiger partial charge in [-0.3, -0.25) is 10.1 Å². The number of hydrogen-bond donors (Lipinski definition) is 0. The van der Waals surface area contributed by atoms with Gasteiger partial charge in [-0.1, -0.05) is 0 Å². The lowest BCUT2D eigenvalue weighted by atomic mass is 10.1. The van der Waals surface area contributed by atoms with Crippen LogP contribution in [-0.4, -0.2) is 38.9 Å². The van der Waals surface area contributed by atoms with Gasteiger partial charge >= 0.3 is 0 Å². The van der Waals surface area contributed by atoms with Gasteiger partial charge in [-0.15, -0.1) is 0 Å². The third-order valence-corrected chi connectivity index (χ3v) is 4.39. The maximum Gasteiger partial charge on any atom is 0.293 e. The topological polar surface area (TPSA) is 80.5 Å². The van der Waals surface area contributed by atoms with Crippen LogP contribution in [0.5, 0.6) is 0 Å². The zero-order valence-corrected chi connectivity index (χ0v) is 11.8. The second-order valence-corrected chi connectivity index (χ2v) is 6.88. The van der Waals surface area contributed by atoms with Gasteiger partial charge in [0.2, 0.25) is 0 Å². The summed E-state index contributed by atoms with van der Waals surface area (Å²) in [6, 6.07) is 3.73. The maximum absolute atomic E-state index is 13.4. The highest BCUT2D eigenvalue weighted by molar-refractivity contribution is 7.90. The highest BCUT2D eigenvalue weighted by Gasteiger charge is 2.26. The van der Waals surface area contributed by atoms with E-state index in [9.17, 15) is 22.9 Å². The molecule has 1 aromatic rings. The third kappa shape index (κ3) is 3.06. The number of hydrogen-bond acceptors (Lipinski definition) is 5. The van der Waals surface area contributed by atoms with Crippen LogP contribution in [0.3, 0.4) is 0 Å². The van der Waals surface area contributed by atoms with Crippen molar-refractivity contribution in [2.24, 2.45) is 0 Å². The van der Waals surface area contributed by atoms with Gasteiger partial charge in [-0.05, 0) is 25.0 Å². The van der Waals surface area contributed by atoms with Gasteiger partial charge in [-0.2, -0.15) is 0 Å². The molecule has 1 saturated heterocycles. The molecule has 0 aliphatic carbocycles. The Hall–Kier alpha value is -1.70. The zero-order valence-electron chi connectivity index (χ0n) is 11.0. The third-order valence-electron chi connectivity index (χ3n) is 3.28. The first kappa shape index (κ1) is 14.7. The number of anilines is 1. The lowest BCUT2D eigenvalue weighted by molar-refractivity contribution is -0.384. The molecule has 0 amide bonds. The lowest BCUT2D eigenvalue weighted by Gasteiger charge is -2.30. The molecule has 1 aliphatic rings. The number of nitrogens with zero attached hydrogens (tertiary/aromatic N) is 2. The van der Waals surface area contributed by atoms with Crippen LogP contribution in [0, 0.1) is 10.1 Å². The number of benzene rings is 1. The number of halogens is 1. The number of sulfone groups is 1. The second-order valence-electron chi connectivity index (χ2n) is 4.87. The summed E-state index contributed by atoms with van der Waals surface area (Å²) >= 11 is 0. The summed E-state index contributed by atoms with van der Waals surface area (Å²) in [4.78, 5) is 12.0. The van der Waals surface area contributed by atoms with E-state index in [-0.39, 0.29) is 22.8 Å². The zero-order chi connectivity index (χ0) is 14.9. The summed E-state index contributed by atoms with van der Waals surface area (Å²) in [5.41, 5.74) is -0.0354. The Kier molecular flexibility index (Phi) is 3.94. The average Bonchev–Trinajstić information content (AvgIpc) is 2.37. The van der Waals surface area contributed by atoms with E-state index in [0.717, 1.165) is 12.3 Å². The molecular weight excluding hydrogens is 287 g/mol. The molecule has 1 aromatic carbocycles. The molecule has 1 atom stereocenters. The summed E-state index contributed by atoms with van der Waals surface area (Å²) < 4.78 is 36.3. The number of alkyl halides is 1. The molecule has 0 spiro atoms. The minimum atomic E-state index is -3.51. The van der Waals surface area contributed by atoms with Crippen LogP contribution in [0.1, 0.15) is 12.8 Å². The maximum atomic E-state index is 13.4. The normalized spacial score (nSPS) is 19.9. The molecule has 2 rings (SSSR count). The Bertz CT molecular complexity index is 632. The van der Waals surface area contributed by atoms with E-state index in [1.54, 1.807) is 4.90 Å². The smallest absolute Gasteiger partial charge is 0.293 e. The summed E-state index contributed by atoms with van der Waals surface area (Å²) in [6.07, 6.45) is 1.04. The molecule has 6 nitrogen and oxygen atoms in total. The van der Waals surface area contributed by atoms with Crippen molar-refractivity contribution in [1.82, 2.24) is 0 Å². The molecule has 0 saturated carbocycles. The highest BCUT2D eigenvalue weighted by atomic mass is 32.2. The molecule has 110 valence electrons. The van der Waals surface area contributed by atoms with Crippen LogP contribution >= 0.6 is 0 Å². The molecule has 0 aromatic heterocycles. The van der Waals surface area contributed by atoms with E-state index >= 15 is 0 Å². The standard InChI is InChI=1S/C12H15FN2O4S/c1-20(18,19)10-4-5-11(12(7-10)15(16)17)14-6-2-3-9(13)8-14/h4-5,7,9H,2-3,6,8H2,1H3. The van der Waals surface area contributed by atoms with Crippen molar-refractivity contribution in [2.75, 3.05) is 24.2 Å². The predicted molar refractivity (Wildman–Crippen MR) is 72.5 cm³/mol. The van der Waals surface area contributed by atoms with Gasteiger partial charge in [0, 0.05) is 25.4 Å². The quantitative estimate of drug-likeness (QED) is 0.629. The molecule has 0 bridgehead atoms. The van der Waals surface area contributed by atoms with Crippen molar-refractivity contribution >= 4 is 21.2 Å². The van der Waals surface area contributed by atoms with Gasteiger partial charge in [0.15, 0.2) is 9.84 Å². The van der Waals surface area contributed by atoms with Crippen LogP contribution in [0.15, 0.2) is 23.1 Å². The Balaban J connectivity index is 2.45. The van der Waals surface area contributed by atoms with Gasteiger partial charge < -0.3 is 4.90 Å². The summed E-state index contributed by atoms with van der Waals surface area (Å²) in [5.74, 6) is 0. The lowest BCUT2D eigenvalue weighted by Crippen LogP contribution is -2.36. The van der Waals surface area contributed by atoms with Crippen LogP contribution < -0.4 is 4.90 Å². The Morgan fingerprint density at radius 3 is 2.70 bits per heavy atom. The predicted octanol–water partition coefficient (Wildman–Crippen LogP) is 1.94. The Morgan fingerprint density at radius 2 is 2.15 bits per heavy atom. The van der Waals surface area contributed by atoms with Crippen molar-refractivity contribution in [1.29, 1.82) is 0 Å². The fourth-order valence-electron chi connectivity index (χ4n) is 2.29. The van der Waals surface area contributed by atoms with E-state index in [1.807, 2.05) is 0 Å². The van der Waals surface area contributed by atoms with Crippen LogP contribution in [0.4, 0.5) is 15.8 Å². The first-order chi connectivity index (χ1) is 9.29. The van der Waals surface area contributed by atoms with E-state index in [1.165, 1.54) is 12.1 Å². The molecular formula is C12H15FN2O4S. The second kappa shape index (κ2) is 5.35. The number of rotatable bonds is 3. The van der Waals surface area contributed by atoms with E-state index < -0.39 is 20.9 Å². The van der Waals surface area contributed by atoms with Crippen molar-refractivity contribution in [2.45, 2.75) is 23.9 Å². The number of nitro benzene ring substituents is 1. The van der Waals surface area contributed by atoms with E-state index in [0.29, 0.717) is 19.4 Å². The van der Waals surface area contributed by atoms with Gasteiger partial charge in [0.1, 0.15) is 11.9 Å². The molecule has 0 radical (unpaired) electrons. The summed E-state index contributed by atoms with van der Waals surface area (Å²) in [5, 5.41) is 11.1. The SMILES string of the molecule is CS(=O)(=O)c1ccc(N2CCCC(F)C2)c([N+](=O)[O-])c1. The monoisotopic (exact) mass is 302 g/mol. The number of piperidine rings is 1. The first-order valence-corrected chi connectivity index (χ1v) is 8.05.